The first-order valence-corrected chi connectivity index (χ1v) is 10.3. The molecule has 1 fully saturated rings. The quantitative estimate of drug-likeness (QED) is 0.530. The zero-order valence-corrected chi connectivity index (χ0v) is 15.8. The van der Waals surface area contributed by atoms with Gasteiger partial charge in [-0.05, 0) is 25.0 Å². The molecule has 1 saturated carbocycles. The van der Waals surface area contributed by atoms with Gasteiger partial charge in [0, 0.05) is 17.8 Å². The topological polar surface area (TPSA) is 68.0 Å². The van der Waals surface area contributed by atoms with Crippen molar-refractivity contribution in [1.29, 1.82) is 0 Å². The van der Waals surface area contributed by atoms with Crippen LogP contribution in [0, 0.1) is 0 Å². The summed E-state index contributed by atoms with van der Waals surface area (Å²) in [6, 6.07) is 8.21. The van der Waals surface area contributed by atoms with Crippen LogP contribution < -0.4 is 5.32 Å². The summed E-state index contributed by atoms with van der Waals surface area (Å²) in [6.07, 6.45) is 6.64. The number of para-hydroxylation sites is 1. The molecule has 0 spiro atoms. The molecule has 3 aromatic rings. The lowest BCUT2D eigenvalue weighted by Gasteiger charge is -2.22. The summed E-state index contributed by atoms with van der Waals surface area (Å²) < 4.78 is 5.99. The molecule has 1 aliphatic rings. The molecule has 6 heteroatoms. The van der Waals surface area contributed by atoms with Crippen LogP contribution in [0.25, 0.3) is 22.1 Å². The van der Waals surface area contributed by atoms with Crippen molar-refractivity contribution in [3.05, 3.63) is 30.1 Å². The molecule has 0 aliphatic heterocycles. The van der Waals surface area contributed by atoms with E-state index in [4.69, 9.17) is 4.42 Å². The monoisotopic (exact) mass is 369 g/mol. The average Bonchev–Trinajstić information content (AvgIpc) is 3.05. The van der Waals surface area contributed by atoms with Crippen LogP contribution in [0.1, 0.15) is 44.9 Å². The first-order valence-electron chi connectivity index (χ1n) is 9.35. The second-order valence-electron chi connectivity index (χ2n) is 6.77. The summed E-state index contributed by atoms with van der Waals surface area (Å²) in [4.78, 5) is 21.6. The fourth-order valence-corrected chi connectivity index (χ4v) is 4.31. The van der Waals surface area contributed by atoms with Crippen LogP contribution in [0.3, 0.4) is 0 Å². The molecule has 0 bridgehead atoms. The highest BCUT2D eigenvalue weighted by molar-refractivity contribution is 8.00. The maximum absolute atomic E-state index is 12.3. The van der Waals surface area contributed by atoms with Crippen LogP contribution >= 0.6 is 11.8 Å². The molecule has 4 rings (SSSR count). The molecule has 2 aromatic heterocycles. The minimum Gasteiger partial charge on any atom is -0.451 e. The van der Waals surface area contributed by atoms with Crippen molar-refractivity contribution in [2.24, 2.45) is 0 Å². The summed E-state index contributed by atoms with van der Waals surface area (Å²) in [5.74, 6) is 1.20. The lowest BCUT2D eigenvalue weighted by atomic mass is 9.95. The maximum atomic E-state index is 12.3. The van der Waals surface area contributed by atoms with Crippen molar-refractivity contribution in [2.75, 3.05) is 5.75 Å². The van der Waals surface area contributed by atoms with Crippen molar-refractivity contribution in [3.8, 4) is 0 Å². The molecule has 2 heterocycles. The van der Waals surface area contributed by atoms with E-state index in [1.54, 1.807) is 0 Å². The van der Waals surface area contributed by atoms with Gasteiger partial charge in [0.15, 0.2) is 5.58 Å². The van der Waals surface area contributed by atoms with Crippen LogP contribution in [-0.4, -0.2) is 27.7 Å². The lowest BCUT2D eigenvalue weighted by molar-refractivity contribution is -0.119. The van der Waals surface area contributed by atoms with Crippen molar-refractivity contribution in [1.82, 2.24) is 15.3 Å². The summed E-state index contributed by atoms with van der Waals surface area (Å²) in [7, 11) is 0. The number of nitrogens with one attached hydrogen (secondary N) is 1. The Morgan fingerprint density at radius 1 is 1.23 bits per heavy atom. The first-order chi connectivity index (χ1) is 12.7. The van der Waals surface area contributed by atoms with E-state index in [1.165, 1.54) is 31.0 Å². The number of hydrogen-bond acceptors (Lipinski definition) is 5. The Kier molecular flexibility index (Phi) is 5.11. The standard InChI is InChI=1S/C20H23N3O2S/c1-2-16-22-18-14-10-6-7-11-15(14)25-19(18)20(23-16)26-12-17(24)21-13-8-4-3-5-9-13/h6-7,10-11,13H,2-5,8-9,12H2,1H3,(H,21,24). The van der Waals surface area contributed by atoms with Gasteiger partial charge in [0.25, 0.3) is 0 Å². The van der Waals surface area contributed by atoms with Gasteiger partial charge >= 0.3 is 0 Å². The van der Waals surface area contributed by atoms with Gasteiger partial charge in [-0.3, -0.25) is 4.79 Å². The molecule has 1 N–H and O–H groups in total. The number of carbonyl (C=O) groups excluding carboxylic acids is 1. The second-order valence-corrected chi connectivity index (χ2v) is 7.73. The Balaban J connectivity index is 1.56. The Bertz CT molecular complexity index is 931. The van der Waals surface area contributed by atoms with Crippen LogP contribution in [0.15, 0.2) is 33.7 Å². The Morgan fingerprint density at radius 2 is 2.04 bits per heavy atom. The largest absolute Gasteiger partial charge is 0.451 e. The normalized spacial score (nSPS) is 15.6. The van der Waals surface area contributed by atoms with E-state index in [0.29, 0.717) is 17.4 Å². The Labute approximate surface area is 157 Å². The van der Waals surface area contributed by atoms with E-state index in [1.807, 2.05) is 31.2 Å². The molecule has 136 valence electrons. The number of furan rings is 1. The third-order valence-electron chi connectivity index (χ3n) is 4.86. The third-order valence-corrected chi connectivity index (χ3v) is 5.82. The van der Waals surface area contributed by atoms with Crippen LogP contribution in [0.4, 0.5) is 0 Å². The van der Waals surface area contributed by atoms with E-state index in [9.17, 15) is 4.79 Å². The number of carbonyl (C=O) groups is 1. The molecule has 0 saturated heterocycles. The summed E-state index contributed by atoms with van der Waals surface area (Å²) in [5, 5.41) is 4.90. The second kappa shape index (κ2) is 7.66. The Hall–Kier alpha value is -2.08. The fourth-order valence-electron chi connectivity index (χ4n) is 3.52. The number of aryl methyl sites for hydroxylation is 1. The molecular weight excluding hydrogens is 346 g/mol. The van der Waals surface area contributed by atoms with Crippen LogP contribution in [-0.2, 0) is 11.2 Å². The highest BCUT2D eigenvalue weighted by Gasteiger charge is 2.19. The van der Waals surface area contributed by atoms with E-state index in [0.717, 1.165) is 46.6 Å². The fraction of sp³-hybridized carbons (Fsp3) is 0.450. The molecule has 1 amide bonds. The zero-order chi connectivity index (χ0) is 17.9. The van der Waals surface area contributed by atoms with Gasteiger partial charge in [0.05, 0.1) is 5.75 Å². The number of hydrogen-bond donors (Lipinski definition) is 1. The minimum atomic E-state index is 0.0721. The van der Waals surface area contributed by atoms with Crippen molar-refractivity contribution in [3.63, 3.8) is 0 Å². The average molecular weight is 369 g/mol. The summed E-state index contributed by atoms with van der Waals surface area (Å²) >= 11 is 1.43. The van der Waals surface area contributed by atoms with E-state index >= 15 is 0 Å². The van der Waals surface area contributed by atoms with Gasteiger partial charge in [-0.25, -0.2) is 9.97 Å². The lowest BCUT2D eigenvalue weighted by Crippen LogP contribution is -2.37. The predicted octanol–water partition coefficient (Wildman–Crippen LogP) is 4.48. The van der Waals surface area contributed by atoms with Crippen molar-refractivity contribution >= 4 is 39.7 Å². The van der Waals surface area contributed by atoms with Crippen LogP contribution in [0.5, 0.6) is 0 Å². The number of amides is 1. The summed E-state index contributed by atoms with van der Waals surface area (Å²) in [6.45, 7) is 2.04. The van der Waals surface area contributed by atoms with Crippen molar-refractivity contribution in [2.45, 2.75) is 56.5 Å². The molecule has 5 nitrogen and oxygen atoms in total. The van der Waals surface area contributed by atoms with Crippen LogP contribution in [0.2, 0.25) is 0 Å². The van der Waals surface area contributed by atoms with E-state index in [2.05, 4.69) is 15.3 Å². The van der Waals surface area contributed by atoms with Gasteiger partial charge in [-0.2, -0.15) is 0 Å². The number of thioether (sulfide) groups is 1. The third kappa shape index (κ3) is 3.56. The van der Waals surface area contributed by atoms with E-state index < -0.39 is 0 Å². The smallest absolute Gasteiger partial charge is 0.230 e. The first kappa shape index (κ1) is 17.3. The minimum absolute atomic E-state index is 0.0721. The number of benzene rings is 1. The highest BCUT2D eigenvalue weighted by Crippen LogP contribution is 2.33. The molecule has 1 aromatic carbocycles. The van der Waals surface area contributed by atoms with Gasteiger partial charge in [-0.15, -0.1) is 0 Å². The molecule has 26 heavy (non-hydrogen) atoms. The van der Waals surface area contributed by atoms with E-state index in [-0.39, 0.29) is 5.91 Å². The van der Waals surface area contributed by atoms with Gasteiger partial charge in [0.2, 0.25) is 5.91 Å². The molecule has 0 radical (unpaired) electrons. The SMILES string of the molecule is CCc1nc(SCC(=O)NC2CCCCC2)c2oc3ccccc3c2n1. The van der Waals surface area contributed by atoms with Crippen molar-refractivity contribution < 1.29 is 9.21 Å². The maximum Gasteiger partial charge on any atom is 0.230 e. The number of fused-ring (bicyclic) bond motifs is 3. The van der Waals surface area contributed by atoms with Gasteiger partial charge in [0.1, 0.15) is 22.0 Å². The molecule has 1 aliphatic carbocycles. The summed E-state index contributed by atoms with van der Waals surface area (Å²) in [5.41, 5.74) is 2.32. The number of aromatic nitrogens is 2. The molecule has 0 atom stereocenters. The molecular formula is C20H23N3O2S. The zero-order valence-electron chi connectivity index (χ0n) is 15.0. The van der Waals surface area contributed by atoms with Gasteiger partial charge < -0.3 is 9.73 Å². The van der Waals surface area contributed by atoms with Gasteiger partial charge in [-0.1, -0.05) is 50.1 Å². The molecule has 0 unspecified atom stereocenters. The predicted molar refractivity (Wildman–Crippen MR) is 104 cm³/mol. The number of nitrogens with zero attached hydrogens (tertiary/aromatic N) is 2. The highest BCUT2D eigenvalue weighted by atomic mass is 32.2. The number of rotatable bonds is 5. The Morgan fingerprint density at radius 3 is 2.85 bits per heavy atom.